The van der Waals surface area contributed by atoms with E-state index in [0.717, 1.165) is 38.6 Å². The second-order valence-corrected chi connectivity index (χ2v) is 4.93. The van der Waals surface area contributed by atoms with E-state index in [4.69, 9.17) is 0 Å². The smallest absolute Gasteiger partial charge is 0.240 e. The number of rotatable bonds is 2. The van der Waals surface area contributed by atoms with Crippen molar-refractivity contribution in [1.29, 1.82) is 0 Å². The Hall–Kier alpha value is -0.610. The van der Waals surface area contributed by atoms with E-state index in [1.54, 1.807) is 0 Å². The highest BCUT2D eigenvalue weighted by atomic mass is 16.3. The zero-order valence-corrected chi connectivity index (χ0v) is 9.98. The Labute approximate surface area is 97.0 Å². The van der Waals surface area contributed by atoms with E-state index in [9.17, 15) is 9.90 Å². The van der Waals surface area contributed by atoms with E-state index in [1.807, 2.05) is 11.9 Å². The van der Waals surface area contributed by atoms with Gasteiger partial charge in [-0.15, -0.1) is 0 Å². The Morgan fingerprint density at radius 3 is 2.69 bits per heavy atom. The fourth-order valence-corrected chi connectivity index (χ4v) is 2.93. The van der Waals surface area contributed by atoms with Crippen LogP contribution in [0.3, 0.4) is 0 Å². The number of amides is 1. The summed E-state index contributed by atoms with van der Waals surface area (Å²) in [7, 11) is 1.83. The maximum Gasteiger partial charge on any atom is 0.240 e. The molecule has 3 atom stereocenters. The molecule has 2 aliphatic rings. The van der Waals surface area contributed by atoms with Gasteiger partial charge < -0.3 is 15.3 Å². The van der Waals surface area contributed by atoms with Gasteiger partial charge in [0.15, 0.2) is 0 Å². The fourth-order valence-electron chi connectivity index (χ4n) is 2.93. The lowest BCUT2D eigenvalue weighted by atomic mass is 10.0. The zero-order valence-electron chi connectivity index (χ0n) is 9.98. The number of likely N-dealkylation sites (tertiary alicyclic amines) is 1. The molecule has 4 heteroatoms. The van der Waals surface area contributed by atoms with Gasteiger partial charge in [0.25, 0.3) is 0 Å². The average Bonchev–Trinajstić information content (AvgIpc) is 2.50. The summed E-state index contributed by atoms with van der Waals surface area (Å²) < 4.78 is 0. The summed E-state index contributed by atoms with van der Waals surface area (Å²) in [5.41, 5.74) is 0. The molecule has 92 valence electrons. The van der Waals surface area contributed by atoms with Crippen LogP contribution in [-0.2, 0) is 4.79 Å². The summed E-state index contributed by atoms with van der Waals surface area (Å²) in [5.74, 6) is 0.174. The average molecular weight is 226 g/mol. The lowest BCUT2D eigenvalue weighted by Gasteiger charge is -2.30. The third-order valence-electron chi connectivity index (χ3n) is 3.93. The molecule has 16 heavy (non-hydrogen) atoms. The number of aliphatic hydroxyl groups is 1. The minimum Gasteiger partial charge on any atom is -0.391 e. The molecule has 0 radical (unpaired) electrons. The third-order valence-corrected chi connectivity index (χ3v) is 3.93. The third kappa shape index (κ3) is 2.23. The van der Waals surface area contributed by atoms with Gasteiger partial charge in [-0.05, 0) is 26.3 Å². The van der Waals surface area contributed by atoms with Crippen molar-refractivity contribution in [2.75, 3.05) is 13.6 Å². The lowest BCUT2D eigenvalue weighted by Crippen LogP contribution is -2.46. The topological polar surface area (TPSA) is 52.6 Å². The van der Waals surface area contributed by atoms with E-state index in [0.29, 0.717) is 0 Å². The molecule has 1 aliphatic heterocycles. The van der Waals surface area contributed by atoms with Crippen LogP contribution in [0.4, 0.5) is 0 Å². The van der Waals surface area contributed by atoms with Gasteiger partial charge in [-0.25, -0.2) is 0 Å². The number of nitrogens with one attached hydrogen (secondary N) is 1. The number of hydrogen-bond acceptors (Lipinski definition) is 3. The first kappa shape index (κ1) is 11.9. The summed E-state index contributed by atoms with van der Waals surface area (Å²) in [5, 5.41) is 13.1. The van der Waals surface area contributed by atoms with Crippen molar-refractivity contribution in [2.45, 2.75) is 56.7 Å². The second kappa shape index (κ2) is 5.15. The predicted molar refractivity (Wildman–Crippen MR) is 62.1 cm³/mol. The van der Waals surface area contributed by atoms with Gasteiger partial charge in [-0.2, -0.15) is 0 Å². The second-order valence-electron chi connectivity index (χ2n) is 4.93. The quantitative estimate of drug-likeness (QED) is 0.674. The van der Waals surface area contributed by atoms with E-state index in [-0.39, 0.29) is 24.1 Å². The van der Waals surface area contributed by atoms with Crippen LogP contribution >= 0.6 is 0 Å². The summed E-state index contributed by atoms with van der Waals surface area (Å²) >= 11 is 0. The fraction of sp³-hybridized carbons (Fsp3) is 0.917. The van der Waals surface area contributed by atoms with Crippen molar-refractivity contribution in [3.63, 3.8) is 0 Å². The minimum atomic E-state index is -0.318. The van der Waals surface area contributed by atoms with Gasteiger partial charge >= 0.3 is 0 Å². The summed E-state index contributed by atoms with van der Waals surface area (Å²) in [6.07, 6.45) is 5.78. The lowest BCUT2D eigenvalue weighted by molar-refractivity contribution is -0.133. The number of likely N-dealkylation sites (N-methyl/N-ethyl adjacent to an activating group) is 1. The van der Waals surface area contributed by atoms with Gasteiger partial charge in [0, 0.05) is 6.54 Å². The summed E-state index contributed by atoms with van der Waals surface area (Å²) in [6, 6.07) is 0.0313. The van der Waals surface area contributed by atoms with Crippen molar-refractivity contribution in [3.05, 3.63) is 0 Å². The molecule has 0 spiro atoms. The Bertz CT molecular complexity index is 257. The van der Waals surface area contributed by atoms with Crippen LogP contribution in [-0.4, -0.2) is 47.7 Å². The molecule has 2 rings (SSSR count). The van der Waals surface area contributed by atoms with Gasteiger partial charge in [0.05, 0.1) is 18.2 Å². The molecule has 0 aromatic rings. The molecular weight excluding hydrogens is 204 g/mol. The number of hydrogen-bond donors (Lipinski definition) is 2. The van der Waals surface area contributed by atoms with Crippen molar-refractivity contribution in [1.82, 2.24) is 10.2 Å². The van der Waals surface area contributed by atoms with Crippen molar-refractivity contribution in [2.24, 2.45) is 0 Å². The van der Waals surface area contributed by atoms with Gasteiger partial charge in [0.2, 0.25) is 5.91 Å². The Morgan fingerprint density at radius 2 is 2.00 bits per heavy atom. The number of carbonyl (C=O) groups is 1. The van der Waals surface area contributed by atoms with Crippen LogP contribution in [0.25, 0.3) is 0 Å². The SMILES string of the molecule is CNC1CCN(C2CCCCCC2O)C1=O. The summed E-state index contributed by atoms with van der Waals surface area (Å²) in [4.78, 5) is 13.9. The molecule has 1 amide bonds. The van der Waals surface area contributed by atoms with Crippen LogP contribution in [0.15, 0.2) is 0 Å². The first-order valence-electron chi connectivity index (χ1n) is 6.40. The van der Waals surface area contributed by atoms with Crippen LogP contribution in [0.2, 0.25) is 0 Å². The van der Waals surface area contributed by atoms with Crippen molar-refractivity contribution >= 4 is 5.91 Å². The molecule has 3 unspecified atom stereocenters. The van der Waals surface area contributed by atoms with Crippen molar-refractivity contribution < 1.29 is 9.90 Å². The molecule has 1 heterocycles. The van der Waals surface area contributed by atoms with Crippen molar-refractivity contribution in [3.8, 4) is 0 Å². The van der Waals surface area contributed by atoms with Gasteiger partial charge in [0.1, 0.15) is 0 Å². The Kier molecular flexibility index (Phi) is 3.82. The highest BCUT2D eigenvalue weighted by Gasteiger charge is 2.37. The maximum absolute atomic E-state index is 12.0. The molecule has 2 N–H and O–H groups in total. The Balaban J connectivity index is 2.03. The zero-order chi connectivity index (χ0) is 11.5. The molecular formula is C12H22N2O2. The monoisotopic (exact) mass is 226 g/mol. The molecule has 0 aromatic carbocycles. The van der Waals surface area contributed by atoms with E-state index >= 15 is 0 Å². The number of aliphatic hydroxyl groups excluding tert-OH is 1. The predicted octanol–water partition coefficient (Wildman–Crippen LogP) is 0.500. The highest BCUT2D eigenvalue weighted by molar-refractivity contribution is 5.84. The van der Waals surface area contributed by atoms with E-state index in [2.05, 4.69) is 5.32 Å². The molecule has 1 saturated carbocycles. The molecule has 2 fully saturated rings. The van der Waals surface area contributed by atoms with Crippen LogP contribution in [0.5, 0.6) is 0 Å². The standard InChI is InChI=1S/C12H22N2O2/c1-13-9-7-8-14(12(9)16)10-5-3-2-4-6-11(10)15/h9-11,13,15H,2-8H2,1H3. The molecule has 0 aromatic heterocycles. The Morgan fingerprint density at radius 1 is 1.25 bits per heavy atom. The molecule has 1 saturated heterocycles. The van der Waals surface area contributed by atoms with Gasteiger partial charge in [-0.3, -0.25) is 4.79 Å². The molecule has 0 bridgehead atoms. The van der Waals surface area contributed by atoms with Crippen LogP contribution in [0.1, 0.15) is 38.5 Å². The minimum absolute atomic E-state index is 0.0320. The maximum atomic E-state index is 12.0. The molecule has 4 nitrogen and oxygen atoms in total. The first-order chi connectivity index (χ1) is 7.74. The normalized spacial score (nSPS) is 36.5. The van der Waals surface area contributed by atoms with Crippen LogP contribution in [0, 0.1) is 0 Å². The number of carbonyl (C=O) groups excluding carboxylic acids is 1. The number of nitrogens with zero attached hydrogens (tertiary/aromatic N) is 1. The van der Waals surface area contributed by atoms with E-state index < -0.39 is 0 Å². The highest BCUT2D eigenvalue weighted by Crippen LogP contribution is 2.26. The van der Waals surface area contributed by atoms with Gasteiger partial charge in [-0.1, -0.05) is 19.3 Å². The van der Waals surface area contributed by atoms with E-state index in [1.165, 1.54) is 6.42 Å². The summed E-state index contributed by atoms with van der Waals surface area (Å²) in [6.45, 7) is 0.798. The first-order valence-corrected chi connectivity index (χ1v) is 6.40. The van der Waals surface area contributed by atoms with Crippen LogP contribution < -0.4 is 5.32 Å². The largest absolute Gasteiger partial charge is 0.391 e. The molecule has 1 aliphatic carbocycles.